The molecule has 0 aliphatic carbocycles. The topological polar surface area (TPSA) is 42.2 Å². The van der Waals surface area contributed by atoms with Crippen molar-refractivity contribution in [3.8, 4) is 11.1 Å². The van der Waals surface area contributed by atoms with E-state index in [4.69, 9.17) is 5.73 Å². The van der Waals surface area contributed by atoms with Crippen LogP contribution < -0.4 is 10.6 Å². The number of nitrogens with two attached hydrogens (primary N) is 1. The number of nitrogens with zero attached hydrogens (tertiary/aromatic N) is 2. The third-order valence-corrected chi connectivity index (χ3v) is 2.76. The standard InChI is InChI=1S/C14H17N3/c1-17(2)12-6-3-5-11(9-12)13-7-4-8-16-14(13)10-15/h3-9H,10,15H2,1-2H3. The first-order chi connectivity index (χ1) is 8.22. The van der Waals surface area contributed by atoms with Gasteiger partial charge in [0, 0.05) is 38.1 Å². The average molecular weight is 227 g/mol. The van der Waals surface area contributed by atoms with Crippen molar-refractivity contribution < 1.29 is 0 Å². The fraction of sp³-hybridized carbons (Fsp3) is 0.214. The Labute approximate surface area is 102 Å². The Morgan fingerprint density at radius 3 is 2.71 bits per heavy atom. The fourth-order valence-corrected chi connectivity index (χ4v) is 1.82. The van der Waals surface area contributed by atoms with Crippen LogP contribution in [0.1, 0.15) is 5.69 Å². The first kappa shape index (κ1) is 11.6. The molecule has 0 aliphatic rings. The molecule has 17 heavy (non-hydrogen) atoms. The highest BCUT2D eigenvalue weighted by atomic mass is 15.1. The van der Waals surface area contributed by atoms with E-state index in [1.54, 1.807) is 6.20 Å². The summed E-state index contributed by atoms with van der Waals surface area (Å²) in [4.78, 5) is 6.39. The van der Waals surface area contributed by atoms with Crippen LogP contribution in [-0.4, -0.2) is 19.1 Å². The molecule has 0 aliphatic heterocycles. The van der Waals surface area contributed by atoms with Crippen LogP contribution in [0.15, 0.2) is 42.6 Å². The van der Waals surface area contributed by atoms with Gasteiger partial charge in [-0.1, -0.05) is 18.2 Å². The Bertz CT molecular complexity index is 506. The normalized spacial score (nSPS) is 10.3. The molecule has 0 saturated heterocycles. The van der Waals surface area contributed by atoms with Crippen molar-refractivity contribution in [2.75, 3.05) is 19.0 Å². The molecule has 1 aromatic carbocycles. The molecule has 0 radical (unpaired) electrons. The van der Waals surface area contributed by atoms with Gasteiger partial charge in [-0.25, -0.2) is 0 Å². The largest absolute Gasteiger partial charge is 0.378 e. The van der Waals surface area contributed by atoms with E-state index in [1.807, 2.05) is 20.2 Å². The smallest absolute Gasteiger partial charge is 0.0617 e. The molecule has 0 amide bonds. The summed E-state index contributed by atoms with van der Waals surface area (Å²) in [6.45, 7) is 0.461. The molecule has 0 saturated carbocycles. The second kappa shape index (κ2) is 4.97. The van der Waals surface area contributed by atoms with E-state index in [-0.39, 0.29) is 0 Å². The molecule has 0 bridgehead atoms. The Morgan fingerprint density at radius 2 is 2.00 bits per heavy atom. The molecule has 3 nitrogen and oxygen atoms in total. The van der Waals surface area contributed by atoms with Gasteiger partial charge in [0.2, 0.25) is 0 Å². The van der Waals surface area contributed by atoms with E-state index in [9.17, 15) is 0 Å². The van der Waals surface area contributed by atoms with Crippen molar-refractivity contribution in [1.82, 2.24) is 4.98 Å². The first-order valence-corrected chi connectivity index (χ1v) is 5.64. The summed E-state index contributed by atoms with van der Waals surface area (Å²) in [6.07, 6.45) is 1.78. The van der Waals surface area contributed by atoms with Crippen molar-refractivity contribution in [2.24, 2.45) is 5.73 Å². The lowest BCUT2D eigenvalue weighted by Gasteiger charge is -2.14. The molecule has 1 heterocycles. The minimum atomic E-state index is 0.461. The summed E-state index contributed by atoms with van der Waals surface area (Å²) in [5, 5.41) is 0. The minimum Gasteiger partial charge on any atom is -0.378 e. The quantitative estimate of drug-likeness (QED) is 0.874. The van der Waals surface area contributed by atoms with Gasteiger partial charge in [-0.15, -0.1) is 0 Å². The zero-order chi connectivity index (χ0) is 12.3. The van der Waals surface area contributed by atoms with E-state index in [1.165, 1.54) is 5.69 Å². The number of aromatic nitrogens is 1. The molecule has 3 heteroatoms. The molecular weight excluding hydrogens is 210 g/mol. The lowest BCUT2D eigenvalue weighted by atomic mass is 10.0. The Kier molecular flexibility index (Phi) is 3.40. The number of anilines is 1. The number of rotatable bonds is 3. The number of pyridine rings is 1. The van der Waals surface area contributed by atoms with Crippen LogP contribution in [0.4, 0.5) is 5.69 Å². The summed E-state index contributed by atoms with van der Waals surface area (Å²) in [6, 6.07) is 12.4. The average Bonchev–Trinajstić information content (AvgIpc) is 2.39. The van der Waals surface area contributed by atoms with Gasteiger partial charge in [-0.2, -0.15) is 0 Å². The van der Waals surface area contributed by atoms with Gasteiger partial charge in [-0.05, 0) is 23.8 Å². The molecule has 0 spiro atoms. The van der Waals surface area contributed by atoms with Crippen molar-refractivity contribution in [2.45, 2.75) is 6.54 Å². The lowest BCUT2D eigenvalue weighted by Crippen LogP contribution is -2.08. The zero-order valence-corrected chi connectivity index (χ0v) is 10.2. The molecule has 2 rings (SSSR count). The fourth-order valence-electron chi connectivity index (χ4n) is 1.82. The second-order valence-corrected chi connectivity index (χ2v) is 4.15. The van der Waals surface area contributed by atoms with Crippen molar-refractivity contribution in [3.05, 3.63) is 48.3 Å². The monoisotopic (exact) mass is 227 g/mol. The predicted molar refractivity (Wildman–Crippen MR) is 71.9 cm³/mol. The highest BCUT2D eigenvalue weighted by Gasteiger charge is 2.05. The minimum absolute atomic E-state index is 0.461. The molecule has 1 aromatic heterocycles. The summed E-state index contributed by atoms with van der Waals surface area (Å²) in [5.41, 5.74) is 10.1. The SMILES string of the molecule is CN(C)c1cccc(-c2cccnc2CN)c1. The van der Waals surface area contributed by atoms with E-state index >= 15 is 0 Å². The van der Waals surface area contributed by atoms with Crippen LogP contribution in [0, 0.1) is 0 Å². The molecule has 2 aromatic rings. The van der Waals surface area contributed by atoms with Gasteiger partial charge >= 0.3 is 0 Å². The van der Waals surface area contributed by atoms with Gasteiger partial charge < -0.3 is 10.6 Å². The van der Waals surface area contributed by atoms with Crippen LogP contribution in [-0.2, 0) is 6.54 Å². The van der Waals surface area contributed by atoms with Gasteiger partial charge in [0.15, 0.2) is 0 Å². The summed E-state index contributed by atoms with van der Waals surface area (Å²) in [7, 11) is 4.07. The van der Waals surface area contributed by atoms with E-state index < -0.39 is 0 Å². The number of hydrogen-bond acceptors (Lipinski definition) is 3. The van der Waals surface area contributed by atoms with Crippen LogP contribution in [0.3, 0.4) is 0 Å². The van der Waals surface area contributed by atoms with Gasteiger partial charge in [0.25, 0.3) is 0 Å². The van der Waals surface area contributed by atoms with E-state index in [0.29, 0.717) is 6.54 Å². The lowest BCUT2D eigenvalue weighted by molar-refractivity contribution is 0.994. The van der Waals surface area contributed by atoms with E-state index in [0.717, 1.165) is 16.8 Å². The number of hydrogen-bond donors (Lipinski definition) is 1. The highest BCUT2D eigenvalue weighted by Crippen LogP contribution is 2.25. The zero-order valence-electron chi connectivity index (χ0n) is 10.2. The highest BCUT2D eigenvalue weighted by molar-refractivity contribution is 5.70. The van der Waals surface area contributed by atoms with Gasteiger partial charge in [0.1, 0.15) is 0 Å². The first-order valence-electron chi connectivity index (χ1n) is 5.64. The molecule has 0 unspecified atom stereocenters. The maximum atomic E-state index is 5.71. The van der Waals surface area contributed by atoms with Crippen LogP contribution in [0.25, 0.3) is 11.1 Å². The van der Waals surface area contributed by atoms with Crippen molar-refractivity contribution in [1.29, 1.82) is 0 Å². The van der Waals surface area contributed by atoms with Gasteiger partial charge in [-0.3, -0.25) is 4.98 Å². The molecular formula is C14H17N3. The molecule has 88 valence electrons. The predicted octanol–water partition coefficient (Wildman–Crippen LogP) is 2.27. The van der Waals surface area contributed by atoms with Crippen molar-refractivity contribution in [3.63, 3.8) is 0 Å². The van der Waals surface area contributed by atoms with E-state index in [2.05, 4.69) is 40.2 Å². The molecule has 2 N–H and O–H groups in total. The maximum Gasteiger partial charge on any atom is 0.0617 e. The molecule has 0 atom stereocenters. The van der Waals surface area contributed by atoms with Crippen LogP contribution in [0.2, 0.25) is 0 Å². The second-order valence-electron chi connectivity index (χ2n) is 4.15. The van der Waals surface area contributed by atoms with Crippen molar-refractivity contribution >= 4 is 5.69 Å². The Hall–Kier alpha value is -1.87. The third kappa shape index (κ3) is 2.45. The van der Waals surface area contributed by atoms with Crippen LogP contribution in [0.5, 0.6) is 0 Å². The Balaban J connectivity index is 2.49. The van der Waals surface area contributed by atoms with Crippen LogP contribution >= 0.6 is 0 Å². The summed E-state index contributed by atoms with van der Waals surface area (Å²) in [5.74, 6) is 0. The molecule has 0 fully saturated rings. The maximum absolute atomic E-state index is 5.71. The summed E-state index contributed by atoms with van der Waals surface area (Å²) >= 11 is 0. The summed E-state index contributed by atoms with van der Waals surface area (Å²) < 4.78 is 0. The van der Waals surface area contributed by atoms with Gasteiger partial charge in [0.05, 0.1) is 5.69 Å². The number of benzene rings is 1. The Morgan fingerprint density at radius 1 is 1.18 bits per heavy atom. The third-order valence-electron chi connectivity index (χ3n) is 2.76.